The van der Waals surface area contributed by atoms with Crippen LogP contribution in [0, 0.1) is 5.92 Å². The van der Waals surface area contributed by atoms with E-state index in [1.54, 1.807) is 0 Å². The molecule has 0 radical (unpaired) electrons. The van der Waals surface area contributed by atoms with Gasteiger partial charge in [-0.25, -0.2) is 0 Å². The Kier molecular flexibility index (Phi) is 5.01. The summed E-state index contributed by atoms with van der Waals surface area (Å²) in [4.78, 5) is 12.0. The maximum absolute atomic E-state index is 12.0. The van der Waals surface area contributed by atoms with Gasteiger partial charge < -0.3 is 16.2 Å². The molecule has 1 amide bonds. The van der Waals surface area contributed by atoms with Crippen LogP contribution in [0.5, 0.6) is 0 Å². The minimum absolute atomic E-state index is 0.158. The average molecular weight is 254 g/mol. The number of nitrogens with one attached hydrogen (secondary N) is 1. The molecule has 0 aromatic carbocycles. The number of nitrogens with two attached hydrogens (primary N) is 1. The third-order valence-electron chi connectivity index (χ3n) is 4.36. The normalized spacial score (nSPS) is 37.2. The first-order valence-corrected chi connectivity index (χ1v) is 7.36. The van der Waals surface area contributed by atoms with E-state index in [9.17, 15) is 9.90 Å². The van der Waals surface area contributed by atoms with Crippen molar-refractivity contribution in [3.05, 3.63) is 0 Å². The molecule has 0 saturated heterocycles. The molecular weight excluding hydrogens is 228 g/mol. The molecule has 4 N–H and O–H groups in total. The van der Waals surface area contributed by atoms with E-state index < -0.39 is 0 Å². The highest BCUT2D eigenvalue weighted by Crippen LogP contribution is 2.26. The van der Waals surface area contributed by atoms with Crippen molar-refractivity contribution in [3.8, 4) is 0 Å². The maximum atomic E-state index is 12.0. The number of hydrogen-bond acceptors (Lipinski definition) is 3. The van der Waals surface area contributed by atoms with Crippen molar-refractivity contribution in [3.63, 3.8) is 0 Å². The van der Waals surface area contributed by atoms with Crippen LogP contribution in [-0.2, 0) is 4.79 Å². The van der Waals surface area contributed by atoms with Crippen molar-refractivity contribution in [2.24, 2.45) is 11.7 Å². The number of amides is 1. The molecule has 2 atom stereocenters. The second-order valence-corrected chi connectivity index (χ2v) is 6.07. The number of aliphatic hydroxyl groups is 1. The highest BCUT2D eigenvalue weighted by molar-refractivity contribution is 5.76. The number of rotatable bonds is 3. The van der Waals surface area contributed by atoms with Gasteiger partial charge in [-0.15, -0.1) is 0 Å². The van der Waals surface area contributed by atoms with Crippen LogP contribution in [0.15, 0.2) is 0 Å². The lowest BCUT2D eigenvalue weighted by Gasteiger charge is -2.29. The summed E-state index contributed by atoms with van der Waals surface area (Å²) in [5.74, 6) is 0.651. The van der Waals surface area contributed by atoms with Crippen LogP contribution >= 0.6 is 0 Å². The summed E-state index contributed by atoms with van der Waals surface area (Å²) in [6.07, 6.45) is 8.35. The molecule has 0 aromatic heterocycles. The summed E-state index contributed by atoms with van der Waals surface area (Å²) in [6, 6.07) is 0.569. The zero-order valence-electron chi connectivity index (χ0n) is 11.1. The molecule has 4 heteroatoms. The second-order valence-electron chi connectivity index (χ2n) is 6.07. The molecule has 2 aliphatic rings. The van der Waals surface area contributed by atoms with Crippen LogP contribution in [-0.4, -0.2) is 29.2 Å². The predicted octanol–water partition coefficient (Wildman–Crippen LogP) is 1.31. The largest absolute Gasteiger partial charge is 0.393 e. The summed E-state index contributed by atoms with van der Waals surface area (Å²) < 4.78 is 0. The van der Waals surface area contributed by atoms with E-state index >= 15 is 0 Å². The fourth-order valence-electron chi connectivity index (χ4n) is 3.29. The molecule has 0 aromatic rings. The van der Waals surface area contributed by atoms with E-state index in [1.165, 1.54) is 0 Å². The Balaban J connectivity index is 1.68. The topological polar surface area (TPSA) is 75.4 Å². The molecule has 0 spiro atoms. The summed E-state index contributed by atoms with van der Waals surface area (Å²) >= 11 is 0. The minimum atomic E-state index is -0.158. The van der Waals surface area contributed by atoms with Crippen molar-refractivity contribution in [2.75, 3.05) is 0 Å². The van der Waals surface area contributed by atoms with Gasteiger partial charge in [0.2, 0.25) is 5.91 Å². The highest BCUT2D eigenvalue weighted by Gasteiger charge is 2.24. The molecule has 0 heterocycles. The zero-order chi connectivity index (χ0) is 13.0. The molecular formula is C14H26N2O2. The fourth-order valence-corrected chi connectivity index (χ4v) is 3.29. The van der Waals surface area contributed by atoms with Gasteiger partial charge in [0.25, 0.3) is 0 Å². The molecule has 2 fully saturated rings. The van der Waals surface area contributed by atoms with Crippen molar-refractivity contribution >= 4 is 5.91 Å². The molecule has 2 saturated carbocycles. The lowest BCUT2D eigenvalue weighted by molar-refractivity contribution is -0.123. The highest BCUT2D eigenvalue weighted by atomic mass is 16.3. The number of carbonyl (C=O) groups excluding carboxylic acids is 1. The fraction of sp³-hybridized carbons (Fsp3) is 0.929. The quantitative estimate of drug-likeness (QED) is 0.711. The summed E-state index contributed by atoms with van der Waals surface area (Å²) in [6.45, 7) is 0. The van der Waals surface area contributed by atoms with Crippen molar-refractivity contribution < 1.29 is 9.90 Å². The van der Waals surface area contributed by atoms with Crippen LogP contribution in [0.25, 0.3) is 0 Å². The monoisotopic (exact) mass is 254 g/mol. The lowest BCUT2D eigenvalue weighted by Crippen LogP contribution is -2.40. The molecule has 2 unspecified atom stereocenters. The van der Waals surface area contributed by atoms with Gasteiger partial charge in [0.1, 0.15) is 0 Å². The minimum Gasteiger partial charge on any atom is -0.393 e. The van der Waals surface area contributed by atoms with E-state index in [1.807, 2.05) is 0 Å². The first-order valence-electron chi connectivity index (χ1n) is 7.36. The third kappa shape index (κ3) is 4.25. The van der Waals surface area contributed by atoms with Crippen LogP contribution in [0.1, 0.15) is 57.8 Å². The molecule has 18 heavy (non-hydrogen) atoms. The molecule has 0 aliphatic heterocycles. The standard InChI is InChI=1S/C14H26N2O2/c15-11-3-1-2-10(8-11)9-14(18)16-12-4-6-13(17)7-5-12/h10-13,17H,1-9,15H2,(H,16,18). The van der Waals surface area contributed by atoms with E-state index in [0.717, 1.165) is 51.4 Å². The Labute approximate surface area is 109 Å². The van der Waals surface area contributed by atoms with E-state index in [2.05, 4.69) is 5.32 Å². The van der Waals surface area contributed by atoms with Gasteiger partial charge >= 0.3 is 0 Å². The molecule has 104 valence electrons. The van der Waals surface area contributed by atoms with Crippen molar-refractivity contribution in [1.82, 2.24) is 5.32 Å². The Morgan fingerprint density at radius 2 is 1.89 bits per heavy atom. The number of aliphatic hydroxyl groups excluding tert-OH is 1. The first kappa shape index (κ1) is 13.8. The molecule has 2 rings (SSSR count). The molecule has 0 bridgehead atoms. The Morgan fingerprint density at radius 3 is 2.56 bits per heavy atom. The first-order chi connectivity index (χ1) is 8.63. The van der Waals surface area contributed by atoms with Crippen molar-refractivity contribution in [2.45, 2.75) is 76.0 Å². The summed E-state index contributed by atoms with van der Waals surface area (Å²) in [5.41, 5.74) is 5.94. The van der Waals surface area contributed by atoms with Crippen molar-refractivity contribution in [1.29, 1.82) is 0 Å². The summed E-state index contributed by atoms with van der Waals surface area (Å²) in [5, 5.41) is 12.5. The smallest absolute Gasteiger partial charge is 0.220 e. The van der Waals surface area contributed by atoms with Gasteiger partial charge in [0.15, 0.2) is 0 Å². The van der Waals surface area contributed by atoms with Crippen LogP contribution in [0.2, 0.25) is 0 Å². The Hall–Kier alpha value is -0.610. The zero-order valence-corrected chi connectivity index (χ0v) is 11.1. The van der Waals surface area contributed by atoms with Crippen LogP contribution in [0.3, 0.4) is 0 Å². The van der Waals surface area contributed by atoms with E-state index in [-0.39, 0.29) is 18.1 Å². The van der Waals surface area contributed by atoms with Gasteiger partial charge in [0.05, 0.1) is 6.10 Å². The third-order valence-corrected chi connectivity index (χ3v) is 4.36. The average Bonchev–Trinajstić information content (AvgIpc) is 2.32. The van der Waals surface area contributed by atoms with Crippen LogP contribution < -0.4 is 11.1 Å². The Morgan fingerprint density at radius 1 is 1.17 bits per heavy atom. The number of hydrogen-bond donors (Lipinski definition) is 3. The Bertz CT molecular complexity index is 275. The van der Waals surface area contributed by atoms with Crippen LogP contribution in [0.4, 0.5) is 0 Å². The van der Waals surface area contributed by atoms with Gasteiger partial charge in [-0.3, -0.25) is 4.79 Å². The van der Waals surface area contributed by atoms with E-state index in [4.69, 9.17) is 5.73 Å². The number of carbonyl (C=O) groups is 1. The van der Waals surface area contributed by atoms with Gasteiger partial charge in [-0.2, -0.15) is 0 Å². The lowest BCUT2D eigenvalue weighted by atomic mass is 9.84. The van der Waals surface area contributed by atoms with Gasteiger partial charge in [-0.1, -0.05) is 6.42 Å². The second kappa shape index (κ2) is 6.53. The molecule has 2 aliphatic carbocycles. The summed E-state index contributed by atoms with van der Waals surface area (Å²) in [7, 11) is 0. The van der Waals surface area contributed by atoms with E-state index in [0.29, 0.717) is 18.4 Å². The van der Waals surface area contributed by atoms with Gasteiger partial charge in [-0.05, 0) is 50.9 Å². The predicted molar refractivity (Wildman–Crippen MR) is 71.0 cm³/mol. The van der Waals surface area contributed by atoms with Gasteiger partial charge in [0, 0.05) is 18.5 Å². The molecule has 4 nitrogen and oxygen atoms in total. The SMILES string of the molecule is NC1CCCC(CC(=O)NC2CCC(O)CC2)C1. The maximum Gasteiger partial charge on any atom is 0.220 e.